The molecule has 2 heterocycles. The number of fused-ring (bicyclic) bond motifs is 1. The summed E-state index contributed by atoms with van der Waals surface area (Å²) in [4.78, 5) is 54.0. The van der Waals surface area contributed by atoms with Crippen molar-refractivity contribution in [1.82, 2.24) is 4.90 Å². The number of amides is 3. The van der Waals surface area contributed by atoms with Gasteiger partial charge in [-0.05, 0) is 70.2 Å². The maximum absolute atomic E-state index is 12.7. The molecule has 8 heteroatoms. The van der Waals surface area contributed by atoms with Gasteiger partial charge in [-0.25, -0.2) is 4.79 Å². The molecule has 2 saturated heterocycles. The first-order valence-electron chi connectivity index (χ1n) is 12.1. The lowest BCUT2D eigenvalue weighted by atomic mass is 9.81. The van der Waals surface area contributed by atoms with Gasteiger partial charge in [0.15, 0.2) is 6.10 Å². The van der Waals surface area contributed by atoms with Crippen LogP contribution in [0.15, 0.2) is 24.3 Å². The Morgan fingerprint density at radius 2 is 1.48 bits per heavy atom. The minimum absolute atomic E-state index is 0.292. The van der Waals surface area contributed by atoms with Crippen LogP contribution in [0.2, 0.25) is 0 Å². The summed E-state index contributed by atoms with van der Waals surface area (Å²) >= 11 is 0. The van der Waals surface area contributed by atoms with Crippen LogP contribution >= 0.6 is 0 Å². The molecule has 1 N–H and O–H groups in total. The van der Waals surface area contributed by atoms with Crippen LogP contribution in [0.4, 0.5) is 11.4 Å². The van der Waals surface area contributed by atoms with E-state index in [0.717, 1.165) is 36.5 Å². The molecule has 3 fully saturated rings. The number of imide groups is 1. The highest BCUT2D eigenvalue weighted by molar-refractivity contribution is 6.08. The third-order valence-corrected chi connectivity index (χ3v) is 7.12. The van der Waals surface area contributed by atoms with Crippen LogP contribution in [0.3, 0.4) is 0 Å². The zero-order valence-electron chi connectivity index (χ0n) is 19.4. The van der Waals surface area contributed by atoms with Crippen molar-refractivity contribution in [2.75, 3.05) is 23.3 Å². The Kier molecular flexibility index (Phi) is 7.00. The first-order valence-corrected chi connectivity index (χ1v) is 12.1. The van der Waals surface area contributed by atoms with Gasteiger partial charge in [-0.3, -0.25) is 19.3 Å². The highest BCUT2D eigenvalue weighted by Gasteiger charge is 2.51. The van der Waals surface area contributed by atoms with Crippen molar-refractivity contribution in [1.29, 1.82) is 0 Å². The van der Waals surface area contributed by atoms with Gasteiger partial charge in [0.2, 0.25) is 11.8 Å². The van der Waals surface area contributed by atoms with E-state index in [1.165, 1.54) is 33.1 Å². The molecule has 33 heavy (non-hydrogen) atoms. The van der Waals surface area contributed by atoms with Crippen molar-refractivity contribution in [2.45, 2.75) is 70.9 Å². The SMILES string of the molecule is C[C@H](OC(=O)[C@H](C)N1C(=O)[C@H]2CCCC[C@@H]2C1=O)C(=O)Nc1ccc(N2CCCCC2)cc1. The van der Waals surface area contributed by atoms with Crippen molar-refractivity contribution < 1.29 is 23.9 Å². The fourth-order valence-corrected chi connectivity index (χ4v) is 5.15. The molecule has 1 aromatic carbocycles. The van der Waals surface area contributed by atoms with Gasteiger partial charge in [-0.1, -0.05) is 12.8 Å². The van der Waals surface area contributed by atoms with Crippen LogP contribution in [-0.4, -0.2) is 53.8 Å². The quantitative estimate of drug-likeness (QED) is 0.523. The lowest BCUT2D eigenvalue weighted by Gasteiger charge is -2.28. The predicted molar refractivity (Wildman–Crippen MR) is 123 cm³/mol. The van der Waals surface area contributed by atoms with E-state index in [9.17, 15) is 19.2 Å². The Hall–Kier alpha value is -2.90. The van der Waals surface area contributed by atoms with E-state index < -0.39 is 24.0 Å². The molecule has 2 aliphatic heterocycles. The topological polar surface area (TPSA) is 96.0 Å². The van der Waals surface area contributed by atoms with Crippen molar-refractivity contribution in [3.05, 3.63) is 24.3 Å². The molecule has 3 amide bonds. The number of nitrogens with zero attached hydrogens (tertiary/aromatic N) is 2. The number of esters is 1. The summed E-state index contributed by atoms with van der Waals surface area (Å²) in [6, 6.07) is 6.58. The Labute approximate surface area is 194 Å². The molecule has 8 nitrogen and oxygen atoms in total. The number of hydrogen-bond acceptors (Lipinski definition) is 6. The molecule has 0 spiro atoms. The Bertz CT molecular complexity index is 885. The van der Waals surface area contributed by atoms with Crippen LogP contribution in [0.25, 0.3) is 0 Å². The summed E-state index contributed by atoms with van der Waals surface area (Å²) in [5.74, 6) is -2.45. The monoisotopic (exact) mass is 455 g/mol. The van der Waals surface area contributed by atoms with E-state index in [2.05, 4.69) is 10.2 Å². The van der Waals surface area contributed by atoms with Gasteiger partial charge >= 0.3 is 5.97 Å². The Balaban J connectivity index is 1.31. The minimum Gasteiger partial charge on any atom is -0.451 e. The normalized spacial score (nSPS) is 24.8. The highest BCUT2D eigenvalue weighted by Crippen LogP contribution is 2.39. The van der Waals surface area contributed by atoms with E-state index in [-0.39, 0.29) is 23.7 Å². The van der Waals surface area contributed by atoms with Gasteiger partial charge < -0.3 is 15.0 Å². The molecular formula is C25H33N3O5. The van der Waals surface area contributed by atoms with Gasteiger partial charge in [-0.15, -0.1) is 0 Å². The zero-order valence-corrected chi connectivity index (χ0v) is 19.4. The Morgan fingerprint density at radius 1 is 0.909 bits per heavy atom. The number of benzene rings is 1. The molecule has 0 bridgehead atoms. The third kappa shape index (κ3) is 4.89. The number of hydrogen-bond donors (Lipinski definition) is 1. The fraction of sp³-hybridized carbons (Fsp3) is 0.600. The summed E-state index contributed by atoms with van der Waals surface area (Å²) < 4.78 is 5.32. The third-order valence-electron chi connectivity index (χ3n) is 7.12. The van der Waals surface area contributed by atoms with E-state index in [1.807, 2.05) is 24.3 Å². The van der Waals surface area contributed by atoms with E-state index >= 15 is 0 Å². The standard InChI is InChI=1S/C25H33N3O5/c1-16(28-23(30)20-8-4-5-9-21(20)24(28)31)25(32)33-17(2)22(29)26-18-10-12-19(13-11-18)27-14-6-3-7-15-27/h10-13,16-17,20-21H,3-9,14-15H2,1-2H3,(H,26,29)/t16-,17-,20-,21-/m0/s1. The van der Waals surface area contributed by atoms with Crippen LogP contribution in [0.5, 0.6) is 0 Å². The van der Waals surface area contributed by atoms with E-state index in [0.29, 0.717) is 18.5 Å². The number of carbonyl (C=O) groups is 4. The molecule has 1 aliphatic carbocycles. The van der Waals surface area contributed by atoms with Crippen molar-refractivity contribution >= 4 is 35.1 Å². The van der Waals surface area contributed by atoms with Crippen LogP contribution in [-0.2, 0) is 23.9 Å². The number of carbonyl (C=O) groups excluding carboxylic acids is 4. The summed E-state index contributed by atoms with van der Waals surface area (Å²) in [6.07, 6.45) is 5.79. The second-order valence-corrected chi connectivity index (χ2v) is 9.38. The second kappa shape index (κ2) is 9.93. The maximum Gasteiger partial charge on any atom is 0.329 e. The van der Waals surface area contributed by atoms with Gasteiger partial charge in [0, 0.05) is 24.5 Å². The fourth-order valence-electron chi connectivity index (χ4n) is 5.15. The molecule has 0 aromatic heterocycles. The van der Waals surface area contributed by atoms with Crippen LogP contribution < -0.4 is 10.2 Å². The smallest absolute Gasteiger partial charge is 0.329 e. The molecule has 0 unspecified atom stereocenters. The van der Waals surface area contributed by atoms with E-state index in [4.69, 9.17) is 4.74 Å². The number of anilines is 2. The molecule has 4 atom stereocenters. The average molecular weight is 456 g/mol. The highest BCUT2D eigenvalue weighted by atomic mass is 16.5. The largest absolute Gasteiger partial charge is 0.451 e. The van der Waals surface area contributed by atoms with Gasteiger partial charge in [0.25, 0.3) is 5.91 Å². The summed E-state index contributed by atoms with van der Waals surface area (Å²) in [6.45, 7) is 5.05. The Morgan fingerprint density at radius 3 is 2.06 bits per heavy atom. The zero-order chi connectivity index (χ0) is 23.5. The summed E-state index contributed by atoms with van der Waals surface area (Å²) in [5, 5.41) is 2.76. The van der Waals surface area contributed by atoms with Gasteiger partial charge in [-0.2, -0.15) is 0 Å². The second-order valence-electron chi connectivity index (χ2n) is 9.38. The van der Waals surface area contributed by atoms with Crippen LogP contribution in [0, 0.1) is 11.8 Å². The first kappa shape index (κ1) is 23.3. The number of nitrogens with one attached hydrogen (secondary N) is 1. The first-order chi connectivity index (χ1) is 15.9. The van der Waals surface area contributed by atoms with Crippen LogP contribution in [0.1, 0.15) is 58.8 Å². The summed E-state index contributed by atoms with van der Waals surface area (Å²) in [7, 11) is 0. The molecule has 0 radical (unpaired) electrons. The summed E-state index contributed by atoms with van der Waals surface area (Å²) in [5.41, 5.74) is 1.74. The van der Waals surface area contributed by atoms with E-state index in [1.54, 1.807) is 0 Å². The molecule has 178 valence electrons. The lowest BCUT2D eigenvalue weighted by molar-refractivity contribution is -0.163. The van der Waals surface area contributed by atoms with Gasteiger partial charge in [0.05, 0.1) is 11.8 Å². The number of rotatable bonds is 6. The predicted octanol–water partition coefficient (Wildman–Crippen LogP) is 3.11. The minimum atomic E-state index is -1.06. The van der Waals surface area contributed by atoms with Crippen molar-refractivity contribution in [3.63, 3.8) is 0 Å². The van der Waals surface area contributed by atoms with Crippen molar-refractivity contribution in [2.24, 2.45) is 11.8 Å². The number of likely N-dealkylation sites (tertiary alicyclic amines) is 1. The average Bonchev–Trinajstić information content (AvgIpc) is 3.09. The molecule has 3 aliphatic rings. The lowest BCUT2D eigenvalue weighted by Crippen LogP contribution is -2.46. The molecule has 1 aromatic rings. The number of ether oxygens (including phenoxy) is 1. The molecule has 4 rings (SSSR count). The van der Waals surface area contributed by atoms with Gasteiger partial charge in [0.1, 0.15) is 6.04 Å². The molecule has 1 saturated carbocycles. The van der Waals surface area contributed by atoms with Crippen molar-refractivity contribution in [3.8, 4) is 0 Å². The maximum atomic E-state index is 12.7. The molecular weight excluding hydrogens is 422 g/mol. The number of piperidine rings is 1.